The molecule has 0 radical (unpaired) electrons. The Hall–Kier alpha value is -1.73. The monoisotopic (exact) mass is 251 g/mol. The molecule has 0 bridgehead atoms. The molecule has 0 spiro atoms. The van der Waals surface area contributed by atoms with Crippen LogP contribution in [0.4, 0.5) is 0 Å². The summed E-state index contributed by atoms with van der Waals surface area (Å²) in [7, 11) is 0. The molecule has 0 aliphatic rings. The Bertz CT molecular complexity index is 493. The third-order valence-corrected chi connectivity index (χ3v) is 3.11. The molecular weight excluding hydrogens is 238 g/mol. The Morgan fingerprint density at radius 2 is 2.53 bits per heavy atom. The van der Waals surface area contributed by atoms with E-state index in [1.165, 1.54) is 11.3 Å². The molecule has 0 aliphatic carbocycles. The fourth-order valence-electron chi connectivity index (χ4n) is 1.36. The van der Waals surface area contributed by atoms with Crippen LogP contribution < -0.4 is 11.1 Å². The second kappa shape index (κ2) is 5.07. The largest absolute Gasteiger partial charge is 0.347 e. The Morgan fingerprint density at radius 3 is 3.12 bits per heavy atom. The number of aromatic nitrogens is 3. The summed E-state index contributed by atoms with van der Waals surface area (Å²) in [5, 5.41) is 5.26. The van der Waals surface area contributed by atoms with Crippen LogP contribution in [-0.4, -0.2) is 20.9 Å². The van der Waals surface area contributed by atoms with Gasteiger partial charge in [-0.1, -0.05) is 0 Å². The number of aromatic amines is 1. The van der Waals surface area contributed by atoms with Crippen LogP contribution in [0, 0.1) is 0 Å². The maximum Gasteiger partial charge on any atom is 0.271 e. The lowest BCUT2D eigenvalue weighted by molar-refractivity contribution is 0.0934. The highest BCUT2D eigenvalue weighted by Crippen LogP contribution is 2.11. The van der Waals surface area contributed by atoms with Gasteiger partial charge in [0.2, 0.25) is 0 Å². The number of rotatable bonds is 4. The van der Waals surface area contributed by atoms with E-state index in [9.17, 15) is 4.79 Å². The first-order valence-corrected chi connectivity index (χ1v) is 6.03. The number of imidazole rings is 1. The van der Waals surface area contributed by atoms with Gasteiger partial charge in [0.1, 0.15) is 16.5 Å². The first-order valence-electron chi connectivity index (χ1n) is 5.15. The molecule has 2 heterocycles. The van der Waals surface area contributed by atoms with Crippen molar-refractivity contribution < 1.29 is 4.79 Å². The number of carbonyl (C=O) groups is 1. The summed E-state index contributed by atoms with van der Waals surface area (Å²) < 4.78 is 0. The standard InChI is InChI=1S/C10H13N5OS/c1-6(9-12-2-3-13-9)14-10(16)7-5-17-8(4-11)15-7/h2-3,5-6H,4,11H2,1H3,(H,12,13)(H,14,16). The molecule has 6 nitrogen and oxygen atoms in total. The SMILES string of the molecule is CC(NC(=O)c1csc(CN)n1)c1ncc[nH]1. The van der Waals surface area contributed by atoms with Gasteiger partial charge >= 0.3 is 0 Å². The maximum absolute atomic E-state index is 11.8. The van der Waals surface area contributed by atoms with Crippen molar-refractivity contribution in [1.82, 2.24) is 20.3 Å². The Kier molecular flexibility index (Phi) is 3.50. The van der Waals surface area contributed by atoms with Gasteiger partial charge in [0, 0.05) is 24.3 Å². The van der Waals surface area contributed by atoms with Crippen LogP contribution in [-0.2, 0) is 6.54 Å². The smallest absolute Gasteiger partial charge is 0.271 e. The minimum Gasteiger partial charge on any atom is -0.347 e. The zero-order valence-electron chi connectivity index (χ0n) is 9.30. The molecule has 7 heteroatoms. The second-order valence-electron chi connectivity index (χ2n) is 3.50. The average Bonchev–Trinajstić information content (AvgIpc) is 3.00. The van der Waals surface area contributed by atoms with Crippen molar-refractivity contribution in [1.29, 1.82) is 0 Å². The summed E-state index contributed by atoms with van der Waals surface area (Å²) in [5.41, 5.74) is 5.84. The zero-order chi connectivity index (χ0) is 12.3. The van der Waals surface area contributed by atoms with E-state index in [2.05, 4.69) is 20.3 Å². The summed E-state index contributed by atoms with van der Waals surface area (Å²) in [6.07, 6.45) is 3.36. The highest BCUT2D eigenvalue weighted by Gasteiger charge is 2.15. The molecule has 2 aromatic heterocycles. The van der Waals surface area contributed by atoms with Crippen molar-refractivity contribution in [2.45, 2.75) is 19.5 Å². The van der Waals surface area contributed by atoms with Gasteiger partial charge in [-0.2, -0.15) is 0 Å². The molecule has 0 fully saturated rings. The van der Waals surface area contributed by atoms with E-state index in [0.29, 0.717) is 18.1 Å². The van der Waals surface area contributed by atoms with Crippen LogP contribution >= 0.6 is 11.3 Å². The molecule has 17 heavy (non-hydrogen) atoms. The van der Waals surface area contributed by atoms with Crippen LogP contribution in [0.3, 0.4) is 0 Å². The Balaban J connectivity index is 2.01. The number of amides is 1. The van der Waals surface area contributed by atoms with Crippen molar-refractivity contribution in [3.8, 4) is 0 Å². The first kappa shape index (κ1) is 11.7. The summed E-state index contributed by atoms with van der Waals surface area (Å²) in [6.45, 7) is 2.21. The fourth-order valence-corrected chi connectivity index (χ4v) is 2.02. The number of hydrogen-bond donors (Lipinski definition) is 3. The molecule has 0 aromatic carbocycles. The van der Waals surface area contributed by atoms with Crippen LogP contribution in [0.25, 0.3) is 0 Å². The van der Waals surface area contributed by atoms with Gasteiger partial charge in [0.05, 0.1) is 6.04 Å². The summed E-state index contributed by atoms with van der Waals surface area (Å²) in [5.74, 6) is 0.498. The van der Waals surface area contributed by atoms with Gasteiger partial charge in [0.15, 0.2) is 0 Å². The van der Waals surface area contributed by atoms with E-state index in [-0.39, 0.29) is 11.9 Å². The Morgan fingerprint density at radius 1 is 1.71 bits per heavy atom. The highest BCUT2D eigenvalue weighted by molar-refractivity contribution is 7.09. The van der Waals surface area contributed by atoms with Gasteiger partial charge in [-0.15, -0.1) is 11.3 Å². The first-order chi connectivity index (χ1) is 8.20. The minimum atomic E-state index is -0.218. The molecule has 0 saturated carbocycles. The van der Waals surface area contributed by atoms with E-state index < -0.39 is 0 Å². The topological polar surface area (TPSA) is 96.7 Å². The molecule has 1 amide bonds. The number of nitrogens with zero attached hydrogens (tertiary/aromatic N) is 2. The zero-order valence-corrected chi connectivity index (χ0v) is 10.1. The van der Waals surface area contributed by atoms with Gasteiger partial charge in [-0.05, 0) is 6.92 Å². The van der Waals surface area contributed by atoms with Gasteiger partial charge < -0.3 is 16.0 Å². The van der Waals surface area contributed by atoms with E-state index in [1.54, 1.807) is 17.8 Å². The summed E-state index contributed by atoms with van der Waals surface area (Å²) >= 11 is 1.38. The average molecular weight is 251 g/mol. The number of hydrogen-bond acceptors (Lipinski definition) is 5. The van der Waals surface area contributed by atoms with Crippen LogP contribution in [0.1, 0.15) is 34.3 Å². The molecule has 1 atom stereocenters. The lowest BCUT2D eigenvalue weighted by atomic mass is 10.3. The third-order valence-electron chi connectivity index (χ3n) is 2.24. The molecule has 2 aromatic rings. The van der Waals surface area contributed by atoms with Gasteiger partial charge in [-0.25, -0.2) is 9.97 Å². The summed E-state index contributed by atoms with van der Waals surface area (Å²) in [6, 6.07) is -0.180. The van der Waals surface area contributed by atoms with Crippen molar-refractivity contribution >= 4 is 17.2 Å². The molecular formula is C10H13N5OS. The Labute approximate surface area is 102 Å². The quantitative estimate of drug-likeness (QED) is 0.749. The van der Waals surface area contributed by atoms with Crippen molar-refractivity contribution in [2.75, 3.05) is 0 Å². The highest BCUT2D eigenvalue weighted by atomic mass is 32.1. The predicted molar refractivity (Wildman–Crippen MR) is 64.5 cm³/mol. The molecule has 0 aliphatic heterocycles. The number of nitrogens with one attached hydrogen (secondary N) is 2. The molecule has 4 N–H and O–H groups in total. The van der Waals surface area contributed by atoms with Crippen LogP contribution in [0.5, 0.6) is 0 Å². The fraction of sp³-hybridized carbons (Fsp3) is 0.300. The minimum absolute atomic E-state index is 0.180. The number of carbonyl (C=O) groups excluding carboxylic acids is 1. The van der Waals surface area contributed by atoms with Gasteiger partial charge in [0.25, 0.3) is 5.91 Å². The van der Waals surface area contributed by atoms with Crippen molar-refractivity contribution in [3.05, 3.63) is 34.3 Å². The lowest BCUT2D eigenvalue weighted by Gasteiger charge is -2.09. The molecule has 0 saturated heterocycles. The van der Waals surface area contributed by atoms with Crippen LogP contribution in [0.2, 0.25) is 0 Å². The van der Waals surface area contributed by atoms with E-state index >= 15 is 0 Å². The normalized spacial score (nSPS) is 12.4. The maximum atomic E-state index is 11.8. The number of nitrogens with two attached hydrogens (primary N) is 1. The summed E-state index contributed by atoms with van der Waals surface area (Å²) in [4.78, 5) is 23.0. The number of thiazole rings is 1. The predicted octanol–water partition coefficient (Wildman–Crippen LogP) is 0.816. The molecule has 1 unspecified atom stereocenters. The molecule has 90 valence electrons. The second-order valence-corrected chi connectivity index (χ2v) is 4.44. The number of H-pyrrole nitrogens is 1. The van der Waals surface area contributed by atoms with Crippen molar-refractivity contribution in [3.63, 3.8) is 0 Å². The van der Waals surface area contributed by atoms with Crippen LogP contribution in [0.15, 0.2) is 17.8 Å². The van der Waals surface area contributed by atoms with Crippen molar-refractivity contribution in [2.24, 2.45) is 5.73 Å². The molecule has 2 rings (SSSR count). The lowest BCUT2D eigenvalue weighted by Crippen LogP contribution is -2.27. The third kappa shape index (κ3) is 2.69. The van der Waals surface area contributed by atoms with E-state index in [4.69, 9.17) is 5.73 Å². The van der Waals surface area contributed by atoms with Gasteiger partial charge in [-0.3, -0.25) is 4.79 Å². The van der Waals surface area contributed by atoms with E-state index in [0.717, 1.165) is 5.01 Å². The van der Waals surface area contributed by atoms with E-state index in [1.807, 2.05) is 6.92 Å².